The van der Waals surface area contributed by atoms with Gasteiger partial charge in [-0.1, -0.05) is 6.07 Å². The number of nitrogens with zero attached hydrogens (tertiary/aromatic N) is 3. The van der Waals surface area contributed by atoms with E-state index in [4.69, 9.17) is 9.73 Å². The highest BCUT2D eigenvalue weighted by atomic mass is 16.5. The molecule has 2 N–H and O–H groups in total. The number of nitrogens with one attached hydrogen (secondary N) is 2. The number of rotatable bonds is 6. The van der Waals surface area contributed by atoms with Crippen LogP contribution in [-0.2, 0) is 11.2 Å². The van der Waals surface area contributed by atoms with Crippen LogP contribution in [0.25, 0.3) is 0 Å². The number of aliphatic imine (C=N–C) groups is 1. The summed E-state index contributed by atoms with van der Waals surface area (Å²) < 4.78 is 5.98. The van der Waals surface area contributed by atoms with E-state index < -0.39 is 0 Å². The van der Waals surface area contributed by atoms with E-state index in [0.717, 1.165) is 44.3 Å². The van der Waals surface area contributed by atoms with E-state index >= 15 is 0 Å². The first-order valence-corrected chi connectivity index (χ1v) is 9.13. The number of morpholine rings is 1. The van der Waals surface area contributed by atoms with Gasteiger partial charge in [0.05, 0.1) is 19.3 Å². The molecule has 2 fully saturated rings. The lowest BCUT2D eigenvalue weighted by molar-refractivity contribution is -0.0432. The van der Waals surface area contributed by atoms with Gasteiger partial charge in [-0.2, -0.15) is 0 Å². The molecule has 1 aromatic heterocycles. The molecule has 0 amide bonds. The molecule has 0 bridgehead atoms. The normalized spacial score (nSPS) is 24.6. The van der Waals surface area contributed by atoms with Crippen molar-refractivity contribution in [3.63, 3.8) is 0 Å². The number of aromatic nitrogens is 1. The van der Waals surface area contributed by atoms with E-state index in [0.29, 0.717) is 12.6 Å². The quantitative estimate of drug-likeness (QED) is 0.602. The average Bonchev–Trinajstić information content (AvgIpc) is 3.08. The molecule has 0 saturated carbocycles. The molecule has 6 heteroatoms. The second kappa shape index (κ2) is 8.99. The number of hydrogen-bond acceptors (Lipinski definition) is 4. The number of guanidine groups is 1. The number of pyridine rings is 1. The summed E-state index contributed by atoms with van der Waals surface area (Å²) in [6, 6.07) is 6.66. The van der Waals surface area contributed by atoms with Gasteiger partial charge in [-0.15, -0.1) is 0 Å². The van der Waals surface area contributed by atoms with E-state index in [2.05, 4.69) is 27.4 Å². The molecule has 0 spiro atoms. The predicted octanol–water partition coefficient (Wildman–Crippen LogP) is 1.04. The summed E-state index contributed by atoms with van der Waals surface area (Å²) in [6.07, 6.45) is 5.53. The third kappa shape index (κ3) is 4.92. The molecular formula is C18H29N5O. The molecule has 2 unspecified atom stereocenters. The summed E-state index contributed by atoms with van der Waals surface area (Å²) >= 11 is 0. The third-order valence-electron chi connectivity index (χ3n) is 4.66. The minimum atomic E-state index is 0.214. The van der Waals surface area contributed by atoms with E-state index in [9.17, 15) is 0 Å². The first kappa shape index (κ1) is 17.2. The van der Waals surface area contributed by atoms with Crippen LogP contribution in [0.15, 0.2) is 29.4 Å². The van der Waals surface area contributed by atoms with Crippen LogP contribution in [0, 0.1) is 0 Å². The van der Waals surface area contributed by atoms with E-state index in [1.54, 1.807) is 0 Å². The molecule has 132 valence electrons. The molecule has 24 heavy (non-hydrogen) atoms. The van der Waals surface area contributed by atoms with Crippen LogP contribution >= 0.6 is 0 Å². The van der Waals surface area contributed by atoms with Gasteiger partial charge >= 0.3 is 0 Å². The van der Waals surface area contributed by atoms with Gasteiger partial charge in [0.1, 0.15) is 0 Å². The number of hydrogen-bond donors (Lipinski definition) is 2. The van der Waals surface area contributed by atoms with Gasteiger partial charge in [-0.3, -0.25) is 14.9 Å². The Morgan fingerprint density at radius 3 is 3.21 bits per heavy atom. The van der Waals surface area contributed by atoms with Gasteiger partial charge in [0.2, 0.25) is 0 Å². The van der Waals surface area contributed by atoms with E-state index in [1.165, 1.54) is 19.4 Å². The smallest absolute Gasteiger partial charge is 0.191 e. The van der Waals surface area contributed by atoms with Gasteiger partial charge < -0.3 is 15.4 Å². The lowest BCUT2D eigenvalue weighted by Gasteiger charge is -2.34. The average molecular weight is 331 g/mol. The minimum Gasteiger partial charge on any atom is -0.373 e. The van der Waals surface area contributed by atoms with Gasteiger partial charge in [0.15, 0.2) is 5.96 Å². The van der Waals surface area contributed by atoms with Crippen molar-refractivity contribution in [1.82, 2.24) is 20.5 Å². The van der Waals surface area contributed by atoms with Gasteiger partial charge in [0, 0.05) is 44.0 Å². The third-order valence-corrected chi connectivity index (χ3v) is 4.66. The molecule has 2 atom stereocenters. The van der Waals surface area contributed by atoms with E-state index in [1.807, 2.05) is 24.4 Å². The van der Waals surface area contributed by atoms with Crippen LogP contribution in [0.1, 0.15) is 25.5 Å². The Hall–Kier alpha value is -1.66. The Morgan fingerprint density at radius 2 is 2.38 bits per heavy atom. The molecule has 3 heterocycles. The number of fused-ring (bicyclic) bond motifs is 1. The Balaban J connectivity index is 1.44. The lowest BCUT2D eigenvalue weighted by Crippen LogP contribution is -2.47. The Labute approximate surface area is 144 Å². The second-order valence-corrected chi connectivity index (χ2v) is 6.46. The Bertz CT molecular complexity index is 521. The summed E-state index contributed by atoms with van der Waals surface area (Å²) in [6.45, 7) is 7.57. The van der Waals surface area contributed by atoms with Crippen molar-refractivity contribution in [2.75, 3.05) is 39.3 Å². The molecule has 1 aromatic rings. The maximum Gasteiger partial charge on any atom is 0.191 e. The maximum absolute atomic E-state index is 5.98. The van der Waals surface area contributed by atoms with Crippen LogP contribution in [0.4, 0.5) is 0 Å². The molecule has 2 saturated heterocycles. The van der Waals surface area contributed by atoms with Crippen LogP contribution in [0.3, 0.4) is 0 Å². The second-order valence-electron chi connectivity index (χ2n) is 6.46. The molecule has 2 aliphatic rings. The van der Waals surface area contributed by atoms with Crippen molar-refractivity contribution < 1.29 is 4.74 Å². The highest BCUT2D eigenvalue weighted by Gasteiger charge is 2.31. The Kier molecular flexibility index (Phi) is 6.43. The molecule has 3 rings (SSSR count). The van der Waals surface area contributed by atoms with Crippen LogP contribution in [0.2, 0.25) is 0 Å². The lowest BCUT2D eigenvalue weighted by atomic mass is 10.2. The minimum absolute atomic E-state index is 0.214. The fourth-order valence-electron chi connectivity index (χ4n) is 3.39. The zero-order chi connectivity index (χ0) is 16.6. The SMILES string of the molecule is CCNC(=NCC1CN2CCCC2CO1)NCCc1ccccn1. The summed E-state index contributed by atoms with van der Waals surface area (Å²) in [5.74, 6) is 0.862. The van der Waals surface area contributed by atoms with Crippen molar-refractivity contribution in [1.29, 1.82) is 0 Å². The van der Waals surface area contributed by atoms with E-state index in [-0.39, 0.29) is 6.10 Å². The molecular weight excluding hydrogens is 302 g/mol. The summed E-state index contributed by atoms with van der Waals surface area (Å²) in [7, 11) is 0. The highest BCUT2D eigenvalue weighted by molar-refractivity contribution is 5.79. The Morgan fingerprint density at radius 1 is 1.42 bits per heavy atom. The van der Waals surface area contributed by atoms with Gasteiger partial charge in [-0.25, -0.2) is 0 Å². The largest absolute Gasteiger partial charge is 0.373 e. The summed E-state index contributed by atoms with van der Waals surface area (Å²) in [4.78, 5) is 11.6. The van der Waals surface area contributed by atoms with Crippen LogP contribution in [-0.4, -0.2) is 67.3 Å². The molecule has 2 aliphatic heterocycles. The molecule has 0 aromatic carbocycles. The fraction of sp³-hybridized carbons (Fsp3) is 0.667. The summed E-state index contributed by atoms with van der Waals surface area (Å²) in [5, 5.41) is 6.69. The highest BCUT2D eigenvalue weighted by Crippen LogP contribution is 2.22. The van der Waals surface area contributed by atoms with Crippen LogP contribution in [0.5, 0.6) is 0 Å². The first-order chi connectivity index (χ1) is 11.8. The van der Waals surface area contributed by atoms with Gasteiger partial charge in [0.25, 0.3) is 0 Å². The standard InChI is InChI=1S/C18H29N5O/c1-2-19-18(21-10-8-15-6-3-4-9-20-15)22-12-17-13-23-11-5-7-16(23)14-24-17/h3-4,6,9,16-17H,2,5,7-8,10-14H2,1H3,(H2,19,21,22). The van der Waals surface area contributed by atoms with Crippen LogP contribution < -0.4 is 10.6 Å². The van der Waals surface area contributed by atoms with Crippen molar-refractivity contribution in [3.05, 3.63) is 30.1 Å². The number of ether oxygens (including phenoxy) is 1. The zero-order valence-corrected chi connectivity index (χ0v) is 14.6. The van der Waals surface area contributed by atoms with Crippen molar-refractivity contribution in [2.45, 2.75) is 38.3 Å². The molecule has 0 aliphatic carbocycles. The maximum atomic E-state index is 5.98. The monoisotopic (exact) mass is 331 g/mol. The molecule has 6 nitrogen and oxygen atoms in total. The topological polar surface area (TPSA) is 61.8 Å². The predicted molar refractivity (Wildman–Crippen MR) is 96.3 cm³/mol. The van der Waals surface area contributed by atoms with Crippen molar-refractivity contribution in [3.8, 4) is 0 Å². The van der Waals surface area contributed by atoms with Crippen molar-refractivity contribution >= 4 is 5.96 Å². The fourth-order valence-corrected chi connectivity index (χ4v) is 3.39. The summed E-state index contributed by atoms with van der Waals surface area (Å²) in [5.41, 5.74) is 1.09. The van der Waals surface area contributed by atoms with Gasteiger partial charge in [-0.05, 0) is 38.4 Å². The molecule has 0 radical (unpaired) electrons. The zero-order valence-electron chi connectivity index (χ0n) is 14.6. The first-order valence-electron chi connectivity index (χ1n) is 9.13. The van der Waals surface area contributed by atoms with Crippen molar-refractivity contribution in [2.24, 2.45) is 4.99 Å².